The molecule has 1 aromatic rings. The van der Waals surface area contributed by atoms with Gasteiger partial charge in [-0.1, -0.05) is 0 Å². The zero-order valence-electron chi connectivity index (χ0n) is 13.6. The minimum absolute atomic E-state index is 0.0557. The van der Waals surface area contributed by atoms with Gasteiger partial charge in [-0.15, -0.1) is 0 Å². The molecule has 2 aliphatic rings. The second-order valence-corrected chi connectivity index (χ2v) is 6.05. The third kappa shape index (κ3) is 1.80. The van der Waals surface area contributed by atoms with Crippen molar-refractivity contribution in [3.63, 3.8) is 0 Å². The summed E-state index contributed by atoms with van der Waals surface area (Å²) in [4.78, 5) is 16.2. The number of amides is 1. The Kier molecular flexibility index (Phi) is 3.44. The highest BCUT2D eigenvalue weighted by molar-refractivity contribution is 5.84. The van der Waals surface area contributed by atoms with Crippen molar-refractivity contribution >= 4 is 5.91 Å². The van der Waals surface area contributed by atoms with Crippen molar-refractivity contribution in [1.82, 2.24) is 9.80 Å². The van der Waals surface area contributed by atoms with E-state index in [0.29, 0.717) is 24.5 Å². The van der Waals surface area contributed by atoms with Gasteiger partial charge >= 0.3 is 0 Å². The van der Waals surface area contributed by atoms with Crippen molar-refractivity contribution in [3.05, 3.63) is 16.7 Å². The lowest BCUT2D eigenvalue weighted by molar-refractivity contribution is -0.143. The van der Waals surface area contributed by atoms with Gasteiger partial charge in [-0.25, -0.2) is 0 Å². The summed E-state index contributed by atoms with van der Waals surface area (Å²) in [5, 5.41) is 10.7. The van der Waals surface area contributed by atoms with Crippen LogP contribution >= 0.6 is 0 Å². The third-order valence-corrected chi connectivity index (χ3v) is 4.98. The van der Waals surface area contributed by atoms with Crippen LogP contribution in [0, 0.1) is 6.92 Å². The quantitative estimate of drug-likeness (QED) is 0.886. The van der Waals surface area contributed by atoms with Crippen LogP contribution in [0.5, 0.6) is 17.2 Å². The molecule has 0 radical (unpaired) electrons. The number of rotatable bonds is 2. The van der Waals surface area contributed by atoms with Crippen LogP contribution in [-0.4, -0.2) is 61.7 Å². The Hall–Kier alpha value is -1.95. The van der Waals surface area contributed by atoms with Crippen LogP contribution in [-0.2, 0) is 11.2 Å². The number of benzene rings is 1. The number of aromatic hydroxyl groups is 1. The molecule has 0 aromatic heterocycles. The molecule has 1 fully saturated rings. The molecule has 1 aromatic carbocycles. The maximum absolute atomic E-state index is 12.4. The second-order valence-electron chi connectivity index (χ2n) is 6.05. The standard InChI is InChI=1S/C16H22N2O4/c1-8-14(21-4)9-6-10-16(20)17(2)7-11(18(10)3)12(9)13(19)15(8)22-5/h10-11,19H,6-7H2,1-5H3. The number of phenolic OH excluding ortho intramolecular Hbond substituents is 1. The first-order valence-corrected chi connectivity index (χ1v) is 7.35. The fraction of sp³-hybridized carbons (Fsp3) is 0.562. The summed E-state index contributed by atoms with van der Waals surface area (Å²) in [5.74, 6) is 1.43. The molecule has 2 heterocycles. The van der Waals surface area contributed by atoms with E-state index >= 15 is 0 Å². The molecule has 3 rings (SSSR count). The molecule has 6 nitrogen and oxygen atoms in total. The number of hydrogen-bond acceptors (Lipinski definition) is 5. The number of ether oxygens (including phenoxy) is 2. The summed E-state index contributed by atoms with van der Waals surface area (Å²) < 4.78 is 10.9. The van der Waals surface area contributed by atoms with Crippen LogP contribution in [0.1, 0.15) is 22.7 Å². The zero-order chi connectivity index (χ0) is 16.2. The smallest absolute Gasteiger partial charge is 0.240 e. The first kappa shape index (κ1) is 15.0. The molecule has 120 valence electrons. The van der Waals surface area contributed by atoms with E-state index in [1.165, 1.54) is 0 Å². The van der Waals surface area contributed by atoms with Gasteiger partial charge in [-0.2, -0.15) is 0 Å². The molecular weight excluding hydrogens is 284 g/mol. The number of nitrogens with zero attached hydrogens (tertiary/aromatic N) is 2. The molecule has 2 atom stereocenters. The molecule has 1 amide bonds. The molecular formula is C16H22N2O4. The topological polar surface area (TPSA) is 62.2 Å². The molecule has 22 heavy (non-hydrogen) atoms. The maximum Gasteiger partial charge on any atom is 0.240 e. The lowest BCUT2D eigenvalue weighted by Gasteiger charge is -2.47. The lowest BCUT2D eigenvalue weighted by Crippen LogP contribution is -2.58. The molecule has 2 aliphatic heterocycles. The highest BCUT2D eigenvalue weighted by Gasteiger charge is 2.45. The average Bonchev–Trinajstić information content (AvgIpc) is 2.48. The van der Waals surface area contributed by atoms with Crippen molar-refractivity contribution in [1.29, 1.82) is 0 Å². The Morgan fingerprint density at radius 1 is 1.14 bits per heavy atom. The molecule has 6 heteroatoms. The molecule has 2 unspecified atom stereocenters. The molecule has 1 N–H and O–H groups in total. The van der Waals surface area contributed by atoms with E-state index in [9.17, 15) is 9.90 Å². The minimum atomic E-state index is -0.211. The van der Waals surface area contributed by atoms with Gasteiger partial charge in [0.05, 0.1) is 26.3 Å². The van der Waals surface area contributed by atoms with Crippen LogP contribution in [0.2, 0.25) is 0 Å². The Morgan fingerprint density at radius 2 is 1.77 bits per heavy atom. The summed E-state index contributed by atoms with van der Waals surface area (Å²) in [6, 6.07) is -0.266. The Bertz CT molecular complexity index is 644. The largest absolute Gasteiger partial charge is 0.504 e. The zero-order valence-corrected chi connectivity index (χ0v) is 13.6. The molecule has 1 saturated heterocycles. The number of phenols is 1. The summed E-state index contributed by atoms with van der Waals surface area (Å²) >= 11 is 0. The summed E-state index contributed by atoms with van der Waals surface area (Å²) in [7, 11) is 6.89. The Balaban J connectivity index is 2.27. The number of carbonyl (C=O) groups excluding carboxylic acids is 1. The van der Waals surface area contributed by atoms with Crippen molar-refractivity contribution in [2.45, 2.75) is 25.4 Å². The van der Waals surface area contributed by atoms with Gasteiger partial charge in [0.15, 0.2) is 11.5 Å². The first-order chi connectivity index (χ1) is 10.4. The lowest BCUT2D eigenvalue weighted by atomic mass is 9.82. The highest BCUT2D eigenvalue weighted by atomic mass is 16.5. The van der Waals surface area contributed by atoms with E-state index in [4.69, 9.17) is 9.47 Å². The third-order valence-electron chi connectivity index (χ3n) is 4.98. The summed E-state index contributed by atoms with van der Waals surface area (Å²) in [5.41, 5.74) is 2.51. The molecule has 2 bridgehead atoms. The van der Waals surface area contributed by atoms with Crippen LogP contribution in [0.4, 0.5) is 0 Å². The van der Waals surface area contributed by atoms with Crippen molar-refractivity contribution in [3.8, 4) is 17.2 Å². The monoisotopic (exact) mass is 306 g/mol. The maximum atomic E-state index is 12.4. The number of fused-ring (bicyclic) bond motifs is 4. The van der Waals surface area contributed by atoms with Gasteiger partial charge in [0.2, 0.25) is 5.91 Å². The van der Waals surface area contributed by atoms with E-state index in [2.05, 4.69) is 0 Å². The average molecular weight is 306 g/mol. The van der Waals surface area contributed by atoms with Crippen LogP contribution < -0.4 is 9.47 Å². The number of methoxy groups -OCH3 is 2. The predicted octanol–water partition coefficient (Wildman–Crippen LogP) is 1.09. The number of piperazine rings is 1. The first-order valence-electron chi connectivity index (χ1n) is 7.35. The molecule has 0 saturated carbocycles. The van der Waals surface area contributed by atoms with E-state index < -0.39 is 0 Å². The van der Waals surface area contributed by atoms with Crippen LogP contribution in [0.3, 0.4) is 0 Å². The van der Waals surface area contributed by atoms with E-state index in [1.807, 2.05) is 18.9 Å². The Morgan fingerprint density at radius 3 is 2.36 bits per heavy atom. The predicted molar refractivity (Wildman–Crippen MR) is 81.6 cm³/mol. The fourth-order valence-electron chi connectivity index (χ4n) is 3.83. The van der Waals surface area contributed by atoms with E-state index in [0.717, 1.165) is 16.7 Å². The highest BCUT2D eigenvalue weighted by Crippen LogP contribution is 2.50. The van der Waals surface area contributed by atoms with Gasteiger partial charge in [0.25, 0.3) is 0 Å². The SMILES string of the molecule is COc1c(C)c(OC)c2c(c1O)C1CN(C)C(=O)C(C2)N1C. The minimum Gasteiger partial charge on any atom is -0.504 e. The number of carbonyl (C=O) groups is 1. The molecule has 0 aliphatic carbocycles. The number of likely N-dealkylation sites (N-methyl/N-ethyl adjacent to an activating group) is 2. The van der Waals surface area contributed by atoms with Crippen molar-refractivity contribution in [2.75, 3.05) is 34.9 Å². The normalized spacial score (nSPS) is 24.2. The van der Waals surface area contributed by atoms with Gasteiger partial charge < -0.3 is 19.5 Å². The summed E-state index contributed by atoms with van der Waals surface area (Å²) in [6.45, 7) is 2.40. The second kappa shape index (κ2) is 5.05. The van der Waals surface area contributed by atoms with Crippen molar-refractivity contribution < 1.29 is 19.4 Å². The van der Waals surface area contributed by atoms with E-state index in [1.54, 1.807) is 26.2 Å². The van der Waals surface area contributed by atoms with Gasteiger partial charge in [0, 0.05) is 36.7 Å². The van der Waals surface area contributed by atoms with E-state index in [-0.39, 0.29) is 23.7 Å². The Labute approximate surface area is 130 Å². The van der Waals surface area contributed by atoms with Crippen LogP contribution in [0.15, 0.2) is 0 Å². The fourth-order valence-corrected chi connectivity index (χ4v) is 3.83. The van der Waals surface area contributed by atoms with Gasteiger partial charge in [-0.3, -0.25) is 9.69 Å². The van der Waals surface area contributed by atoms with Crippen molar-refractivity contribution in [2.24, 2.45) is 0 Å². The van der Waals surface area contributed by atoms with Gasteiger partial charge in [-0.05, 0) is 14.0 Å². The molecule has 0 spiro atoms. The van der Waals surface area contributed by atoms with Crippen LogP contribution in [0.25, 0.3) is 0 Å². The van der Waals surface area contributed by atoms with Gasteiger partial charge in [0.1, 0.15) is 5.75 Å². The summed E-state index contributed by atoms with van der Waals surface area (Å²) in [6.07, 6.45) is 0.535. The number of hydrogen-bond donors (Lipinski definition) is 1.